The lowest BCUT2D eigenvalue weighted by Crippen LogP contribution is -2.18. The van der Waals surface area contributed by atoms with Crippen LogP contribution in [-0.2, 0) is 0 Å². The molecule has 16 heavy (non-hydrogen) atoms. The lowest BCUT2D eigenvalue weighted by atomic mass is 10.0. The van der Waals surface area contributed by atoms with Crippen LogP contribution in [0.5, 0.6) is 0 Å². The second-order valence-corrected chi connectivity index (χ2v) is 4.46. The summed E-state index contributed by atoms with van der Waals surface area (Å²) >= 11 is 1.50. The van der Waals surface area contributed by atoms with Crippen LogP contribution in [0.15, 0.2) is 15.4 Å². The van der Waals surface area contributed by atoms with Gasteiger partial charge in [-0.25, -0.2) is 4.98 Å². The highest BCUT2D eigenvalue weighted by Crippen LogP contribution is 2.23. The van der Waals surface area contributed by atoms with E-state index in [2.05, 4.69) is 29.0 Å². The van der Waals surface area contributed by atoms with Gasteiger partial charge in [0.15, 0.2) is 0 Å². The molecule has 0 fully saturated rings. The summed E-state index contributed by atoms with van der Waals surface area (Å²) in [5, 5.41) is 5.75. The van der Waals surface area contributed by atoms with Gasteiger partial charge in [0.25, 0.3) is 0 Å². The molecule has 0 aliphatic heterocycles. The molecule has 2 aromatic rings. The van der Waals surface area contributed by atoms with Crippen molar-refractivity contribution in [3.63, 3.8) is 0 Å². The number of nitrogens with two attached hydrogens (primary N) is 1. The molecular weight excluding hydrogens is 224 g/mol. The summed E-state index contributed by atoms with van der Waals surface area (Å²) in [6.45, 7) is 4.15. The highest BCUT2D eigenvalue weighted by atomic mass is 32.1. The first-order chi connectivity index (χ1) is 7.72. The van der Waals surface area contributed by atoms with Crippen molar-refractivity contribution in [3.8, 4) is 11.5 Å². The Balaban J connectivity index is 2.20. The van der Waals surface area contributed by atoms with Crippen LogP contribution in [0.1, 0.15) is 32.2 Å². The number of aromatic nitrogens is 3. The molecule has 0 bridgehead atoms. The fraction of sp³-hybridized carbons (Fsp3) is 0.500. The van der Waals surface area contributed by atoms with Crippen molar-refractivity contribution in [1.82, 2.24) is 15.1 Å². The smallest absolute Gasteiger partial charge is 0.244 e. The molecule has 6 heteroatoms. The summed E-state index contributed by atoms with van der Waals surface area (Å²) in [6, 6.07) is -0.204. The molecule has 86 valence electrons. The maximum atomic E-state index is 6.00. The van der Waals surface area contributed by atoms with E-state index in [0.717, 1.165) is 12.1 Å². The number of hydrogen-bond donors (Lipinski definition) is 1. The Kier molecular flexibility index (Phi) is 3.31. The standard InChI is InChI=1S/C10H14N4OS/c1-3-6(2)8(11)10-13-9(14-15-10)7-4-16-5-12-7/h4-6,8H,3,11H2,1-2H3/t6?,8-/m0/s1. The van der Waals surface area contributed by atoms with E-state index < -0.39 is 0 Å². The molecular formula is C10H14N4OS. The summed E-state index contributed by atoms with van der Waals surface area (Å²) in [4.78, 5) is 8.38. The van der Waals surface area contributed by atoms with Crippen LogP contribution >= 0.6 is 11.3 Å². The summed E-state index contributed by atoms with van der Waals surface area (Å²) in [5.74, 6) is 1.32. The van der Waals surface area contributed by atoms with Gasteiger partial charge in [0, 0.05) is 5.38 Å². The summed E-state index contributed by atoms with van der Waals surface area (Å²) in [5.41, 5.74) is 8.47. The molecule has 2 aromatic heterocycles. The molecule has 2 rings (SSSR count). The van der Waals surface area contributed by atoms with Gasteiger partial charge < -0.3 is 10.3 Å². The zero-order valence-corrected chi connectivity index (χ0v) is 10.1. The quantitative estimate of drug-likeness (QED) is 0.883. The average molecular weight is 238 g/mol. The van der Waals surface area contributed by atoms with Crippen molar-refractivity contribution < 1.29 is 4.52 Å². The van der Waals surface area contributed by atoms with E-state index in [0.29, 0.717) is 17.6 Å². The summed E-state index contributed by atoms with van der Waals surface area (Å²) in [6.07, 6.45) is 0.982. The lowest BCUT2D eigenvalue weighted by Gasteiger charge is -2.12. The molecule has 1 unspecified atom stereocenters. The molecule has 2 N–H and O–H groups in total. The van der Waals surface area contributed by atoms with E-state index in [1.807, 2.05) is 5.38 Å². The van der Waals surface area contributed by atoms with Crippen LogP contribution in [-0.4, -0.2) is 15.1 Å². The normalized spacial score (nSPS) is 14.9. The van der Waals surface area contributed by atoms with E-state index in [1.54, 1.807) is 5.51 Å². The van der Waals surface area contributed by atoms with Crippen molar-refractivity contribution in [2.75, 3.05) is 0 Å². The molecule has 2 heterocycles. The van der Waals surface area contributed by atoms with Crippen LogP contribution in [0.4, 0.5) is 0 Å². The Hall–Kier alpha value is -1.27. The van der Waals surface area contributed by atoms with Crippen molar-refractivity contribution in [3.05, 3.63) is 16.8 Å². The van der Waals surface area contributed by atoms with Gasteiger partial charge in [-0.2, -0.15) is 4.98 Å². The van der Waals surface area contributed by atoms with E-state index >= 15 is 0 Å². The summed E-state index contributed by atoms with van der Waals surface area (Å²) in [7, 11) is 0. The molecule has 0 radical (unpaired) electrons. The second kappa shape index (κ2) is 4.71. The monoisotopic (exact) mass is 238 g/mol. The highest BCUT2D eigenvalue weighted by molar-refractivity contribution is 7.07. The fourth-order valence-corrected chi connectivity index (χ4v) is 1.83. The van der Waals surface area contributed by atoms with Crippen molar-refractivity contribution >= 4 is 11.3 Å². The van der Waals surface area contributed by atoms with Crippen LogP contribution in [0.2, 0.25) is 0 Å². The third kappa shape index (κ3) is 2.12. The fourth-order valence-electron chi connectivity index (χ4n) is 1.29. The minimum atomic E-state index is -0.204. The van der Waals surface area contributed by atoms with Gasteiger partial charge >= 0.3 is 0 Å². The summed E-state index contributed by atoms with van der Waals surface area (Å²) < 4.78 is 5.15. The molecule has 0 amide bonds. The third-order valence-corrected chi connectivity index (χ3v) is 3.23. The number of thiazole rings is 1. The van der Waals surface area contributed by atoms with Crippen molar-refractivity contribution in [2.24, 2.45) is 11.7 Å². The molecule has 0 saturated heterocycles. The van der Waals surface area contributed by atoms with Crippen molar-refractivity contribution in [2.45, 2.75) is 26.3 Å². The molecule has 0 spiro atoms. The molecule has 5 nitrogen and oxygen atoms in total. The van der Waals surface area contributed by atoms with Gasteiger partial charge in [0.1, 0.15) is 5.69 Å². The Morgan fingerprint density at radius 2 is 2.38 bits per heavy atom. The van der Waals surface area contributed by atoms with Crippen LogP contribution < -0.4 is 5.73 Å². The van der Waals surface area contributed by atoms with E-state index in [1.165, 1.54) is 11.3 Å². The number of nitrogens with zero attached hydrogens (tertiary/aromatic N) is 3. The highest BCUT2D eigenvalue weighted by Gasteiger charge is 2.20. The second-order valence-electron chi connectivity index (χ2n) is 3.74. The lowest BCUT2D eigenvalue weighted by molar-refractivity contribution is 0.312. The number of hydrogen-bond acceptors (Lipinski definition) is 6. The third-order valence-electron chi connectivity index (χ3n) is 2.65. The zero-order chi connectivity index (χ0) is 11.5. The predicted molar refractivity (Wildman–Crippen MR) is 61.8 cm³/mol. The largest absolute Gasteiger partial charge is 0.337 e. The minimum absolute atomic E-state index is 0.204. The van der Waals surface area contributed by atoms with Gasteiger partial charge in [-0.15, -0.1) is 11.3 Å². The zero-order valence-electron chi connectivity index (χ0n) is 9.25. The number of rotatable bonds is 4. The van der Waals surface area contributed by atoms with Gasteiger partial charge in [-0.1, -0.05) is 25.4 Å². The first kappa shape index (κ1) is 11.2. The molecule has 0 aliphatic rings. The molecule has 0 aromatic carbocycles. The van der Waals surface area contributed by atoms with Gasteiger partial charge in [0.2, 0.25) is 11.7 Å². The molecule has 2 atom stereocenters. The predicted octanol–water partition coefficient (Wildman–Crippen LogP) is 2.24. The van der Waals surface area contributed by atoms with E-state index in [9.17, 15) is 0 Å². The Morgan fingerprint density at radius 1 is 1.56 bits per heavy atom. The van der Waals surface area contributed by atoms with Crippen LogP contribution in [0, 0.1) is 5.92 Å². The first-order valence-electron chi connectivity index (χ1n) is 5.20. The van der Waals surface area contributed by atoms with Crippen LogP contribution in [0.3, 0.4) is 0 Å². The maximum absolute atomic E-state index is 6.00. The minimum Gasteiger partial charge on any atom is -0.337 e. The Labute approximate surface area is 97.7 Å². The van der Waals surface area contributed by atoms with Gasteiger partial charge in [-0.3, -0.25) is 0 Å². The first-order valence-corrected chi connectivity index (χ1v) is 6.14. The topological polar surface area (TPSA) is 77.8 Å². The van der Waals surface area contributed by atoms with Crippen molar-refractivity contribution in [1.29, 1.82) is 0 Å². The molecule has 0 saturated carbocycles. The average Bonchev–Trinajstić information content (AvgIpc) is 2.96. The Morgan fingerprint density at radius 3 is 3.00 bits per heavy atom. The maximum Gasteiger partial charge on any atom is 0.244 e. The van der Waals surface area contributed by atoms with Gasteiger partial charge in [0.05, 0.1) is 11.6 Å². The van der Waals surface area contributed by atoms with E-state index in [4.69, 9.17) is 10.3 Å². The Bertz CT molecular complexity index is 439. The van der Waals surface area contributed by atoms with E-state index in [-0.39, 0.29) is 6.04 Å². The van der Waals surface area contributed by atoms with Gasteiger partial charge in [-0.05, 0) is 5.92 Å². The van der Waals surface area contributed by atoms with Crippen LogP contribution in [0.25, 0.3) is 11.5 Å². The SMILES string of the molecule is CCC(C)[C@H](N)c1nc(-c2cscn2)no1. The molecule has 0 aliphatic carbocycles.